The van der Waals surface area contributed by atoms with Gasteiger partial charge in [0.1, 0.15) is 11.6 Å². The van der Waals surface area contributed by atoms with Crippen molar-refractivity contribution in [3.63, 3.8) is 0 Å². The van der Waals surface area contributed by atoms with Crippen molar-refractivity contribution in [2.75, 3.05) is 5.32 Å². The number of nitrogens with zero attached hydrogens (tertiary/aromatic N) is 1. The smallest absolute Gasteiger partial charge is 0.141 e. The highest BCUT2D eigenvalue weighted by Gasteiger charge is 2.04. The summed E-state index contributed by atoms with van der Waals surface area (Å²) in [4.78, 5) is 3.97. The minimum absolute atomic E-state index is 0.260. The molecule has 1 heterocycles. The van der Waals surface area contributed by atoms with E-state index in [0.717, 1.165) is 6.42 Å². The zero-order chi connectivity index (χ0) is 12.1. The van der Waals surface area contributed by atoms with Crippen LogP contribution in [0, 0.1) is 5.82 Å². The summed E-state index contributed by atoms with van der Waals surface area (Å²) in [6.45, 7) is 2.08. The zero-order valence-electron chi connectivity index (χ0n) is 9.73. The van der Waals surface area contributed by atoms with Crippen LogP contribution in [-0.4, -0.2) is 11.0 Å². The van der Waals surface area contributed by atoms with Gasteiger partial charge in [-0.05, 0) is 31.0 Å². The molecule has 1 aromatic heterocycles. The van der Waals surface area contributed by atoms with Crippen LogP contribution < -0.4 is 5.32 Å². The molecule has 3 heteroatoms. The Morgan fingerprint density at radius 3 is 2.59 bits per heavy atom. The van der Waals surface area contributed by atoms with Crippen LogP contribution in [0.25, 0.3) is 0 Å². The number of halogens is 1. The Balaban J connectivity index is 1.93. The lowest BCUT2D eigenvalue weighted by Gasteiger charge is -2.14. The first-order valence-electron chi connectivity index (χ1n) is 5.66. The molecule has 0 aliphatic carbocycles. The molecule has 88 valence electrons. The Kier molecular flexibility index (Phi) is 3.70. The lowest BCUT2D eigenvalue weighted by atomic mass is 10.1. The average molecular weight is 230 g/mol. The van der Waals surface area contributed by atoms with Crippen LogP contribution >= 0.6 is 0 Å². The molecule has 2 aromatic rings. The highest BCUT2D eigenvalue weighted by Crippen LogP contribution is 2.09. The molecule has 0 bridgehead atoms. The summed E-state index contributed by atoms with van der Waals surface area (Å²) in [6, 6.07) is 13.6. The molecule has 2 nitrogen and oxygen atoms in total. The second-order valence-electron chi connectivity index (χ2n) is 4.10. The second-order valence-corrected chi connectivity index (χ2v) is 4.10. The van der Waals surface area contributed by atoms with E-state index in [1.807, 2.05) is 18.2 Å². The number of hydrogen-bond acceptors (Lipinski definition) is 2. The Morgan fingerprint density at radius 1 is 1.18 bits per heavy atom. The molecule has 0 radical (unpaired) electrons. The van der Waals surface area contributed by atoms with E-state index >= 15 is 0 Å². The summed E-state index contributed by atoms with van der Waals surface area (Å²) in [5.74, 6) is 0.390. The van der Waals surface area contributed by atoms with Gasteiger partial charge in [-0.25, -0.2) is 9.37 Å². The molecule has 0 aliphatic rings. The fraction of sp³-hybridized carbons (Fsp3) is 0.214. The second kappa shape index (κ2) is 5.43. The van der Waals surface area contributed by atoms with E-state index in [9.17, 15) is 4.39 Å². The van der Waals surface area contributed by atoms with Gasteiger partial charge in [0.25, 0.3) is 0 Å². The molecule has 0 fully saturated rings. The predicted octanol–water partition coefficient (Wildman–Crippen LogP) is 3.26. The van der Waals surface area contributed by atoms with Crippen LogP contribution in [0.1, 0.15) is 12.5 Å². The number of nitrogens with one attached hydrogen (secondary N) is 1. The molecule has 0 saturated heterocycles. The molecule has 1 unspecified atom stereocenters. The molecule has 2 rings (SSSR count). The Labute approximate surface area is 101 Å². The van der Waals surface area contributed by atoms with Crippen molar-refractivity contribution in [2.24, 2.45) is 0 Å². The van der Waals surface area contributed by atoms with Gasteiger partial charge in [0.05, 0.1) is 6.20 Å². The van der Waals surface area contributed by atoms with Crippen molar-refractivity contribution in [3.05, 3.63) is 60.0 Å². The first kappa shape index (κ1) is 11.6. The molecule has 0 amide bonds. The normalized spacial score (nSPS) is 12.1. The van der Waals surface area contributed by atoms with Crippen LogP contribution in [0.3, 0.4) is 0 Å². The third kappa shape index (κ3) is 3.55. The Hall–Kier alpha value is -1.90. The van der Waals surface area contributed by atoms with Gasteiger partial charge in [-0.15, -0.1) is 0 Å². The quantitative estimate of drug-likeness (QED) is 0.872. The zero-order valence-corrected chi connectivity index (χ0v) is 9.73. The standard InChI is InChI=1S/C14H15FN2/c1-11(9-12-5-3-2-4-6-12)17-14-8-7-13(15)10-16-14/h2-8,10-11H,9H2,1H3,(H,16,17). The molecule has 1 atom stereocenters. The van der Waals surface area contributed by atoms with Gasteiger partial charge in [0, 0.05) is 6.04 Å². The highest BCUT2D eigenvalue weighted by atomic mass is 19.1. The maximum atomic E-state index is 12.7. The van der Waals surface area contributed by atoms with Crippen molar-refractivity contribution >= 4 is 5.82 Å². The van der Waals surface area contributed by atoms with Crippen molar-refractivity contribution < 1.29 is 4.39 Å². The molecule has 0 saturated carbocycles. The monoisotopic (exact) mass is 230 g/mol. The van der Waals surface area contributed by atoms with E-state index in [2.05, 4.69) is 29.4 Å². The van der Waals surface area contributed by atoms with Gasteiger partial charge in [0.15, 0.2) is 0 Å². The summed E-state index contributed by atoms with van der Waals surface area (Å²) in [5, 5.41) is 3.24. The van der Waals surface area contributed by atoms with Gasteiger partial charge in [-0.2, -0.15) is 0 Å². The van der Waals surface area contributed by atoms with Gasteiger partial charge in [0.2, 0.25) is 0 Å². The van der Waals surface area contributed by atoms with Gasteiger partial charge in [-0.3, -0.25) is 0 Å². The lowest BCUT2D eigenvalue weighted by molar-refractivity contribution is 0.621. The number of pyridine rings is 1. The van der Waals surface area contributed by atoms with Crippen molar-refractivity contribution in [3.8, 4) is 0 Å². The number of benzene rings is 1. The van der Waals surface area contributed by atoms with Crippen LogP contribution in [0.5, 0.6) is 0 Å². The highest BCUT2D eigenvalue weighted by molar-refractivity contribution is 5.35. The third-order valence-corrected chi connectivity index (χ3v) is 2.51. The largest absolute Gasteiger partial charge is 0.367 e. The van der Waals surface area contributed by atoms with Gasteiger partial charge < -0.3 is 5.32 Å². The van der Waals surface area contributed by atoms with E-state index < -0.39 is 0 Å². The van der Waals surface area contributed by atoms with Crippen molar-refractivity contribution in [2.45, 2.75) is 19.4 Å². The summed E-state index contributed by atoms with van der Waals surface area (Å²) >= 11 is 0. The van der Waals surface area contributed by atoms with E-state index in [-0.39, 0.29) is 11.9 Å². The fourth-order valence-corrected chi connectivity index (χ4v) is 1.73. The Morgan fingerprint density at radius 2 is 1.94 bits per heavy atom. The van der Waals surface area contributed by atoms with E-state index in [1.165, 1.54) is 17.8 Å². The van der Waals surface area contributed by atoms with Crippen LogP contribution in [0.15, 0.2) is 48.7 Å². The SMILES string of the molecule is CC(Cc1ccccc1)Nc1ccc(F)cn1. The summed E-state index contributed by atoms with van der Waals surface area (Å²) in [7, 11) is 0. The third-order valence-electron chi connectivity index (χ3n) is 2.51. The first-order chi connectivity index (χ1) is 8.24. The summed E-state index contributed by atoms with van der Waals surface area (Å²) in [6.07, 6.45) is 2.14. The molecule has 17 heavy (non-hydrogen) atoms. The number of aromatic nitrogens is 1. The van der Waals surface area contributed by atoms with E-state index in [4.69, 9.17) is 0 Å². The maximum Gasteiger partial charge on any atom is 0.141 e. The minimum Gasteiger partial charge on any atom is -0.367 e. The van der Waals surface area contributed by atoms with Crippen LogP contribution in [0.4, 0.5) is 10.2 Å². The fourth-order valence-electron chi connectivity index (χ4n) is 1.73. The Bertz CT molecular complexity index is 453. The summed E-state index contributed by atoms with van der Waals surface area (Å²) < 4.78 is 12.7. The summed E-state index contributed by atoms with van der Waals surface area (Å²) in [5.41, 5.74) is 1.27. The average Bonchev–Trinajstić information content (AvgIpc) is 2.33. The van der Waals surface area contributed by atoms with Crippen molar-refractivity contribution in [1.82, 2.24) is 4.98 Å². The van der Waals surface area contributed by atoms with Gasteiger partial charge >= 0.3 is 0 Å². The van der Waals surface area contributed by atoms with E-state index in [1.54, 1.807) is 6.07 Å². The number of hydrogen-bond donors (Lipinski definition) is 1. The molecular weight excluding hydrogens is 215 g/mol. The molecule has 1 N–H and O–H groups in total. The van der Waals surface area contributed by atoms with Crippen LogP contribution in [0.2, 0.25) is 0 Å². The van der Waals surface area contributed by atoms with Crippen molar-refractivity contribution in [1.29, 1.82) is 0 Å². The molecule has 1 aromatic carbocycles. The van der Waals surface area contributed by atoms with Gasteiger partial charge in [-0.1, -0.05) is 30.3 Å². The molecular formula is C14H15FN2. The topological polar surface area (TPSA) is 24.9 Å². The number of rotatable bonds is 4. The predicted molar refractivity (Wildman–Crippen MR) is 67.4 cm³/mol. The van der Waals surface area contributed by atoms with E-state index in [0.29, 0.717) is 5.82 Å². The lowest BCUT2D eigenvalue weighted by Crippen LogP contribution is -2.18. The first-order valence-corrected chi connectivity index (χ1v) is 5.66. The molecule has 0 spiro atoms. The van der Waals surface area contributed by atoms with Crippen LogP contribution in [-0.2, 0) is 6.42 Å². The minimum atomic E-state index is -0.314. The number of anilines is 1. The molecule has 0 aliphatic heterocycles. The maximum absolute atomic E-state index is 12.7.